The van der Waals surface area contributed by atoms with Gasteiger partial charge >= 0.3 is 0 Å². The van der Waals surface area contributed by atoms with E-state index in [0.717, 1.165) is 19.4 Å². The van der Waals surface area contributed by atoms with Crippen LogP contribution in [0.3, 0.4) is 0 Å². The van der Waals surface area contributed by atoms with E-state index in [9.17, 15) is 9.59 Å². The first-order chi connectivity index (χ1) is 12.9. The summed E-state index contributed by atoms with van der Waals surface area (Å²) in [5.41, 5.74) is 0.536. The topological polar surface area (TPSA) is 59.1 Å². The molecule has 0 N–H and O–H groups in total. The quantitative estimate of drug-likeness (QED) is 0.745. The number of hydrogen-bond acceptors (Lipinski definition) is 4. The van der Waals surface area contributed by atoms with Crippen LogP contribution in [0.15, 0.2) is 18.2 Å². The highest BCUT2D eigenvalue weighted by molar-refractivity contribution is 5.95. The molecule has 1 aliphatic carbocycles. The Morgan fingerprint density at radius 2 is 2.07 bits per heavy atom. The molecular formula is C21H26N2O4. The molecule has 0 spiro atoms. The Hall–Kier alpha value is -2.68. The van der Waals surface area contributed by atoms with Crippen LogP contribution in [0.1, 0.15) is 29.6 Å². The van der Waals surface area contributed by atoms with Crippen molar-refractivity contribution in [3.63, 3.8) is 0 Å². The van der Waals surface area contributed by atoms with Crippen LogP contribution in [0, 0.1) is 24.2 Å². The predicted molar refractivity (Wildman–Crippen MR) is 102 cm³/mol. The Labute approximate surface area is 160 Å². The van der Waals surface area contributed by atoms with Gasteiger partial charge in [-0.3, -0.25) is 9.59 Å². The fraction of sp³-hybridized carbons (Fsp3) is 0.524. The van der Waals surface area contributed by atoms with Gasteiger partial charge in [-0.1, -0.05) is 5.92 Å². The summed E-state index contributed by atoms with van der Waals surface area (Å²) in [4.78, 5) is 28.6. The Balaban J connectivity index is 1.72. The molecule has 3 atom stereocenters. The highest BCUT2D eigenvalue weighted by atomic mass is 16.5. The molecule has 3 rings (SSSR count). The van der Waals surface area contributed by atoms with Crippen LogP contribution in [0.25, 0.3) is 0 Å². The number of methoxy groups -OCH3 is 1. The minimum absolute atomic E-state index is 0.0634. The maximum atomic E-state index is 13.0. The monoisotopic (exact) mass is 370 g/mol. The molecule has 1 aromatic rings. The average Bonchev–Trinajstić information content (AvgIpc) is 3.07. The number of amides is 2. The van der Waals surface area contributed by atoms with E-state index in [1.54, 1.807) is 30.2 Å². The number of ether oxygens (including phenoxy) is 2. The predicted octanol–water partition coefficient (Wildman–Crippen LogP) is 2.04. The molecule has 0 bridgehead atoms. The summed E-state index contributed by atoms with van der Waals surface area (Å²) in [5.74, 6) is 4.40. The van der Waals surface area contributed by atoms with Crippen LogP contribution < -0.4 is 9.47 Å². The zero-order valence-corrected chi connectivity index (χ0v) is 16.1. The summed E-state index contributed by atoms with van der Waals surface area (Å²) < 4.78 is 10.8. The van der Waals surface area contributed by atoms with Crippen LogP contribution in [0.2, 0.25) is 0 Å². The molecule has 144 valence electrons. The molecule has 2 amide bonds. The number of terminal acetylenes is 1. The van der Waals surface area contributed by atoms with E-state index in [0.29, 0.717) is 35.3 Å². The average molecular weight is 370 g/mol. The third-order valence-corrected chi connectivity index (χ3v) is 5.78. The molecule has 1 saturated heterocycles. The normalized spacial score (nSPS) is 24.1. The van der Waals surface area contributed by atoms with Crippen molar-refractivity contribution in [1.29, 1.82) is 0 Å². The Kier molecular flexibility index (Phi) is 5.59. The second-order valence-corrected chi connectivity index (χ2v) is 7.40. The van der Waals surface area contributed by atoms with Crippen molar-refractivity contribution in [3.8, 4) is 23.8 Å². The van der Waals surface area contributed by atoms with Gasteiger partial charge in [-0.2, -0.15) is 0 Å². The molecule has 27 heavy (non-hydrogen) atoms. The number of hydrogen-bond donors (Lipinski definition) is 0. The highest BCUT2D eigenvalue weighted by Crippen LogP contribution is 2.40. The van der Waals surface area contributed by atoms with E-state index in [4.69, 9.17) is 15.9 Å². The number of rotatable bonds is 5. The van der Waals surface area contributed by atoms with Gasteiger partial charge in [0.2, 0.25) is 5.91 Å². The van der Waals surface area contributed by atoms with Crippen molar-refractivity contribution in [2.75, 3.05) is 34.4 Å². The van der Waals surface area contributed by atoms with E-state index < -0.39 is 0 Å². The van der Waals surface area contributed by atoms with E-state index >= 15 is 0 Å². The van der Waals surface area contributed by atoms with Gasteiger partial charge in [0.05, 0.1) is 7.11 Å². The molecule has 2 aliphatic rings. The fourth-order valence-electron chi connectivity index (χ4n) is 4.22. The number of piperidine rings is 1. The molecule has 1 aliphatic heterocycles. The Morgan fingerprint density at radius 3 is 2.78 bits per heavy atom. The first-order valence-corrected chi connectivity index (χ1v) is 9.20. The summed E-state index contributed by atoms with van der Waals surface area (Å²) in [7, 11) is 5.24. The van der Waals surface area contributed by atoms with E-state index in [2.05, 4.69) is 5.92 Å². The van der Waals surface area contributed by atoms with Gasteiger partial charge in [-0.25, -0.2) is 0 Å². The molecular weight excluding hydrogens is 344 g/mol. The summed E-state index contributed by atoms with van der Waals surface area (Å²) in [5, 5.41) is 0. The maximum absolute atomic E-state index is 13.0. The van der Waals surface area contributed by atoms with Crippen molar-refractivity contribution in [2.45, 2.75) is 25.3 Å². The lowest BCUT2D eigenvalue weighted by molar-refractivity contribution is -0.134. The van der Waals surface area contributed by atoms with Crippen LogP contribution in [-0.2, 0) is 4.79 Å². The SMILES string of the molecule is C#CCOc1cc(C(=O)N(C)[C@@H]2C[C@@H]3CC(=O)N(C)C[C@@H]3C2)ccc1OC. The van der Waals surface area contributed by atoms with Gasteiger partial charge in [-0.05, 0) is 42.9 Å². The molecule has 1 heterocycles. The van der Waals surface area contributed by atoms with Crippen LogP contribution >= 0.6 is 0 Å². The van der Waals surface area contributed by atoms with Gasteiger partial charge in [0.25, 0.3) is 5.91 Å². The first-order valence-electron chi connectivity index (χ1n) is 9.20. The van der Waals surface area contributed by atoms with Gasteiger partial charge in [0, 0.05) is 38.7 Å². The first kappa shape index (κ1) is 19.1. The number of nitrogens with zero attached hydrogens (tertiary/aromatic N) is 2. The van der Waals surface area contributed by atoms with Crippen molar-refractivity contribution in [3.05, 3.63) is 23.8 Å². The zero-order chi connectivity index (χ0) is 19.6. The number of fused-ring (bicyclic) bond motifs is 1. The second kappa shape index (κ2) is 7.91. The lowest BCUT2D eigenvalue weighted by Gasteiger charge is -2.31. The molecule has 1 aromatic carbocycles. The van der Waals surface area contributed by atoms with E-state index in [1.807, 2.05) is 19.0 Å². The number of benzene rings is 1. The number of likely N-dealkylation sites (tertiary alicyclic amines) is 1. The minimum Gasteiger partial charge on any atom is -0.493 e. The number of carbonyl (C=O) groups excluding carboxylic acids is 2. The summed E-state index contributed by atoms with van der Waals surface area (Å²) in [6.07, 6.45) is 7.65. The van der Waals surface area contributed by atoms with Crippen molar-refractivity contribution >= 4 is 11.8 Å². The molecule has 0 aromatic heterocycles. The largest absolute Gasteiger partial charge is 0.493 e. The Bertz CT molecular complexity index is 770. The molecule has 0 radical (unpaired) electrons. The minimum atomic E-state index is -0.0634. The lowest BCUT2D eigenvalue weighted by Crippen LogP contribution is -2.39. The van der Waals surface area contributed by atoms with Crippen molar-refractivity contribution in [2.24, 2.45) is 11.8 Å². The standard InChI is InChI=1S/C21H26N2O4/c1-5-8-27-19-11-14(6-7-18(19)26-4)21(25)23(3)17-9-15-12-20(24)22(2)13-16(15)10-17/h1,6-7,11,15-17H,8-10,12-13H2,2-4H3/t15-,16+,17-/m1/s1. The molecule has 1 saturated carbocycles. The third-order valence-electron chi connectivity index (χ3n) is 5.78. The lowest BCUT2D eigenvalue weighted by atomic mass is 9.88. The maximum Gasteiger partial charge on any atom is 0.253 e. The Morgan fingerprint density at radius 1 is 1.33 bits per heavy atom. The van der Waals surface area contributed by atoms with Crippen LogP contribution in [-0.4, -0.2) is 62.0 Å². The van der Waals surface area contributed by atoms with Gasteiger partial charge in [0.15, 0.2) is 11.5 Å². The fourth-order valence-corrected chi connectivity index (χ4v) is 4.22. The van der Waals surface area contributed by atoms with E-state index in [1.165, 1.54) is 0 Å². The molecule has 6 nitrogen and oxygen atoms in total. The zero-order valence-electron chi connectivity index (χ0n) is 16.1. The summed E-state index contributed by atoms with van der Waals surface area (Å²) in [6.45, 7) is 0.895. The third kappa shape index (κ3) is 3.87. The number of carbonyl (C=O) groups is 2. The van der Waals surface area contributed by atoms with Crippen LogP contribution in [0.4, 0.5) is 0 Å². The summed E-state index contributed by atoms with van der Waals surface area (Å²) in [6, 6.07) is 5.27. The molecule has 0 unspecified atom stereocenters. The second-order valence-electron chi connectivity index (χ2n) is 7.40. The molecule has 6 heteroatoms. The van der Waals surface area contributed by atoms with Crippen LogP contribution in [0.5, 0.6) is 11.5 Å². The van der Waals surface area contributed by atoms with Gasteiger partial charge < -0.3 is 19.3 Å². The van der Waals surface area contributed by atoms with Crippen molar-refractivity contribution in [1.82, 2.24) is 9.80 Å². The summed E-state index contributed by atoms with van der Waals surface area (Å²) >= 11 is 0. The van der Waals surface area contributed by atoms with E-state index in [-0.39, 0.29) is 24.5 Å². The molecule has 2 fully saturated rings. The highest BCUT2D eigenvalue weighted by Gasteiger charge is 2.42. The van der Waals surface area contributed by atoms with Gasteiger partial charge in [-0.15, -0.1) is 6.42 Å². The van der Waals surface area contributed by atoms with Gasteiger partial charge in [0.1, 0.15) is 6.61 Å². The smallest absolute Gasteiger partial charge is 0.253 e. The van der Waals surface area contributed by atoms with Crippen molar-refractivity contribution < 1.29 is 19.1 Å².